The summed E-state index contributed by atoms with van der Waals surface area (Å²) in [5.41, 5.74) is 10.3. The monoisotopic (exact) mass is 331 g/mol. The quantitative estimate of drug-likeness (QED) is 0.419. The Hall–Kier alpha value is -3.21. The molecule has 1 heterocycles. The van der Waals surface area contributed by atoms with Gasteiger partial charge in [0, 0.05) is 23.7 Å². The van der Waals surface area contributed by atoms with E-state index in [1.54, 1.807) is 17.1 Å². The van der Waals surface area contributed by atoms with Crippen molar-refractivity contribution in [3.8, 4) is 5.69 Å². The van der Waals surface area contributed by atoms with Gasteiger partial charge in [0.15, 0.2) is 0 Å². The minimum absolute atomic E-state index is 0.445. The Balaban J connectivity index is 1.85. The summed E-state index contributed by atoms with van der Waals surface area (Å²) in [5, 5.41) is 8.42. The summed E-state index contributed by atoms with van der Waals surface area (Å²) < 4.78 is 1.80. The van der Waals surface area contributed by atoms with Crippen LogP contribution in [0.5, 0.6) is 0 Å². The number of hydrogen-bond donors (Lipinski definition) is 1. The molecule has 126 valence electrons. The summed E-state index contributed by atoms with van der Waals surface area (Å²) >= 11 is 0. The van der Waals surface area contributed by atoms with Gasteiger partial charge in [0.2, 0.25) is 0 Å². The number of allylic oxidation sites excluding steroid dienone is 2. The van der Waals surface area contributed by atoms with Crippen LogP contribution in [0.15, 0.2) is 72.4 Å². The zero-order valence-corrected chi connectivity index (χ0v) is 14.2. The molecule has 0 fully saturated rings. The van der Waals surface area contributed by atoms with Crippen LogP contribution in [0.4, 0.5) is 5.69 Å². The number of fused-ring (bicyclic) bond motifs is 1. The molecule has 0 saturated heterocycles. The highest BCUT2D eigenvalue weighted by molar-refractivity contribution is 5.88. The van der Waals surface area contributed by atoms with E-state index in [0.717, 1.165) is 28.7 Å². The van der Waals surface area contributed by atoms with Gasteiger partial charge in [-0.25, -0.2) is 4.68 Å². The van der Waals surface area contributed by atoms with Crippen molar-refractivity contribution in [3.05, 3.63) is 73.0 Å². The number of hydrogen-bond acceptors (Lipinski definition) is 4. The molecule has 3 aromatic rings. The van der Waals surface area contributed by atoms with E-state index in [9.17, 15) is 0 Å². The molecule has 0 amide bonds. The average Bonchev–Trinajstić information content (AvgIpc) is 3.06. The Morgan fingerprint density at radius 2 is 2.12 bits per heavy atom. The van der Waals surface area contributed by atoms with E-state index in [0.29, 0.717) is 11.6 Å². The summed E-state index contributed by atoms with van der Waals surface area (Å²) in [7, 11) is 0. The number of anilines is 1. The average molecular weight is 331 g/mol. The molecule has 5 nitrogen and oxygen atoms in total. The highest BCUT2D eigenvalue weighted by Gasteiger charge is 2.07. The Kier molecular flexibility index (Phi) is 5.04. The van der Waals surface area contributed by atoms with E-state index in [4.69, 9.17) is 5.73 Å². The predicted octanol–water partition coefficient (Wildman–Crippen LogP) is 4.15. The summed E-state index contributed by atoms with van der Waals surface area (Å²) in [4.78, 5) is 4.33. The van der Waals surface area contributed by atoms with Crippen molar-refractivity contribution in [2.24, 2.45) is 10.9 Å². The zero-order chi connectivity index (χ0) is 17.6. The third kappa shape index (κ3) is 3.83. The first-order valence-electron chi connectivity index (χ1n) is 8.20. The van der Waals surface area contributed by atoms with Gasteiger partial charge in [0.05, 0.1) is 11.2 Å². The predicted molar refractivity (Wildman–Crippen MR) is 104 cm³/mol. The first-order valence-corrected chi connectivity index (χ1v) is 8.20. The van der Waals surface area contributed by atoms with Gasteiger partial charge in [-0.05, 0) is 42.7 Å². The first-order chi connectivity index (χ1) is 12.2. The SMILES string of the molecule is C=CC(C)C/C=C/N=C/c1cc(-n2nnc3ccccc32)ccc1N. The molecule has 1 unspecified atom stereocenters. The lowest BCUT2D eigenvalue weighted by Gasteiger charge is -2.05. The fourth-order valence-corrected chi connectivity index (χ4v) is 2.42. The minimum Gasteiger partial charge on any atom is -0.398 e. The summed E-state index contributed by atoms with van der Waals surface area (Å²) in [5.74, 6) is 0.445. The number of para-hydroxylation sites is 1. The van der Waals surface area contributed by atoms with Crippen molar-refractivity contribution in [1.29, 1.82) is 0 Å². The smallest absolute Gasteiger partial charge is 0.113 e. The molecular formula is C20H21N5. The largest absolute Gasteiger partial charge is 0.398 e. The van der Waals surface area contributed by atoms with Gasteiger partial charge in [-0.2, -0.15) is 0 Å². The number of aliphatic imine (C=N–C) groups is 1. The van der Waals surface area contributed by atoms with Gasteiger partial charge in [0.25, 0.3) is 0 Å². The van der Waals surface area contributed by atoms with Crippen molar-refractivity contribution in [3.63, 3.8) is 0 Å². The molecule has 0 bridgehead atoms. The van der Waals surface area contributed by atoms with Crippen molar-refractivity contribution >= 4 is 22.9 Å². The first kappa shape index (κ1) is 16.6. The molecule has 3 rings (SSSR count). The van der Waals surface area contributed by atoms with E-state index in [2.05, 4.69) is 28.8 Å². The lowest BCUT2D eigenvalue weighted by Crippen LogP contribution is -2.00. The number of nitrogens with zero attached hydrogens (tertiary/aromatic N) is 4. The van der Waals surface area contributed by atoms with Crippen molar-refractivity contribution in [1.82, 2.24) is 15.0 Å². The van der Waals surface area contributed by atoms with Crippen LogP contribution in [0.3, 0.4) is 0 Å². The molecule has 2 N–H and O–H groups in total. The Morgan fingerprint density at radius 3 is 2.96 bits per heavy atom. The topological polar surface area (TPSA) is 69.1 Å². The number of benzene rings is 2. The third-order valence-corrected chi connectivity index (χ3v) is 3.98. The standard InChI is InChI=1S/C20H21N5/c1-3-15(2)7-6-12-22-14-16-13-17(10-11-18(16)21)25-20-9-5-4-8-19(20)23-24-25/h3-6,8-15H,1,7,21H2,2H3/b12-6+,22-14+. The second-order valence-corrected chi connectivity index (χ2v) is 5.91. The van der Waals surface area contributed by atoms with Crippen LogP contribution in [0.2, 0.25) is 0 Å². The molecule has 0 aliphatic carbocycles. The Morgan fingerprint density at radius 1 is 1.28 bits per heavy atom. The van der Waals surface area contributed by atoms with Crippen molar-refractivity contribution in [2.45, 2.75) is 13.3 Å². The van der Waals surface area contributed by atoms with E-state index in [1.807, 2.05) is 54.6 Å². The molecular weight excluding hydrogens is 310 g/mol. The fraction of sp³-hybridized carbons (Fsp3) is 0.150. The Labute approximate surface area is 147 Å². The fourth-order valence-electron chi connectivity index (χ4n) is 2.42. The van der Waals surface area contributed by atoms with E-state index in [-0.39, 0.29) is 0 Å². The van der Waals surface area contributed by atoms with E-state index < -0.39 is 0 Å². The second-order valence-electron chi connectivity index (χ2n) is 5.91. The number of rotatable bonds is 6. The van der Waals surface area contributed by atoms with Crippen molar-refractivity contribution in [2.75, 3.05) is 5.73 Å². The van der Waals surface area contributed by atoms with Gasteiger partial charge in [-0.3, -0.25) is 4.99 Å². The third-order valence-electron chi connectivity index (χ3n) is 3.98. The van der Waals surface area contributed by atoms with Gasteiger partial charge in [-0.15, -0.1) is 11.7 Å². The van der Waals surface area contributed by atoms with Crippen LogP contribution in [-0.2, 0) is 0 Å². The molecule has 25 heavy (non-hydrogen) atoms. The van der Waals surface area contributed by atoms with E-state index >= 15 is 0 Å². The lowest BCUT2D eigenvalue weighted by atomic mass is 10.1. The van der Waals surface area contributed by atoms with Crippen LogP contribution in [0.25, 0.3) is 16.7 Å². The highest BCUT2D eigenvalue weighted by Crippen LogP contribution is 2.19. The van der Waals surface area contributed by atoms with Crippen molar-refractivity contribution < 1.29 is 0 Å². The molecule has 0 saturated carbocycles. The normalized spacial score (nSPS) is 13.0. The van der Waals surface area contributed by atoms with E-state index in [1.165, 1.54) is 0 Å². The molecule has 0 radical (unpaired) electrons. The summed E-state index contributed by atoms with van der Waals surface area (Å²) in [6.45, 7) is 5.89. The molecule has 0 spiro atoms. The maximum absolute atomic E-state index is 6.07. The second kappa shape index (κ2) is 7.57. The summed E-state index contributed by atoms with van der Waals surface area (Å²) in [6.07, 6.45) is 8.41. The molecule has 0 aliphatic heterocycles. The van der Waals surface area contributed by atoms with Gasteiger partial charge >= 0.3 is 0 Å². The summed E-state index contributed by atoms with van der Waals surface area (Å²) in [6, 6.07) is 13.6. The molecule has 0 aliphatic rings. The van der Waals surface area contributed by atoms with Crippen LogP contribution in [-0.4, -0.2) is 21.2 Å². The van der Waals surface area contributed by atoms with Crippen LogP contribution in [0, 0.1) is 5.92 Å². The van der Waals surface area contributed by atoms with Crippen LogP contribution >= 0.6 is 0 Å². The molecule has 2 aromatic carbocycles. The Bertz CT molecular complexity index is 936. The number of aromatic nitrogens is 3. The van der Waals surface area contributed by atoms with Gasteiger partial charge in [0.1, 0.15) is 5.52 Å². The minimum atomic E-state index is 0.445. The molecule has 5 heteroatoms. The maximum atomic E-state index is 6.07. The number of nitrogen functional groups attached to an aromatic ring is 1. The van der Waals surface area contributed by atoms with Crippen LogP contribution in [0.1, 0.15) is 18.9 Å². The highest BCUT2D eigenvalue weighted by atomic mass is 15.4. The molecule has 1 aromatic heterocycles. The number of nitrogens with two attached hydrogens (primary N) is 1. The van der Waals surface area contributed by atoms with Gasteiger partial charge in [-0.1, -0.05) is 36.4 Å². The van der Waals surface area contributed by atoms with Crippen LogP contribution < -0.4 is 5.73 Å². The van der Waals surface area contributed by atoms with Gasteiger partial charge < -0.3 is 5.73 Å². The maximum Gasteiger partial charge on any atom is 0.113 e. The molecule has 1 atom stereocenters. The zero-order valence-electron chi connectivity index (χ0n) is 14.2. The lowest BCUT2D eigenvalue weighted by molar-refractivity contribution is 0.745.